The molecule has 0 aliphatic heterocycles. The second-order valence-corrected chi connectivity index (χ2v) is 6.06. The molecule has 10 heteroatoms. The molecule has 3 rings (SSSR count). The summed E-state index contributed by atoms with van der Waals surface area (Å²) in [5, 5.41) is 19.9. The highest BCUT2D eigenvalue weighted by Gasteiger charge is 2.10. The van der Waals surface area contributed by atoms with Crippen LogP contribution in [0.2, 0.25) is 0 Å². The number of rotatable bonds is 7. The lowest BCUT2D eigenvalue weighted by molar-refractivity contribution is 0.280. The molecule has 1 heterocycles. The molecule has 0 atom stereocenters. The molecule has 2 N–H and O–H groups in total. The first-order chi connectivity index (χ1) is 13.0. The van der Waals surface area contributed by atoms with Gasteiger partial charge in [0.2, 0.25) is 0 Å². The fraction of sp³-hybridized carbons (Fsp3) is 0.0588. The van der Waals surface area contributed by atoms with Crippen molar-refractivity contribution in [3.05, 3.63) is 77.1 Å². The van der Waals surface area contributed by atoms with Crippen molar-refractivity contribution < 1.29 is 18.7 Å². The number of benzene rings is 2. The van der Waals surface area contributed by atoms with Crippen molar-refractivity contribution in [2.45, 2.75) is 11.5 Å². The topological polar surface area (TPSA) is 93.6 Å². The van der Waals surface area contributed by atoms with Gasteiger partial charge < -0.3 is 19.9 Å². The van der Waals surface area contributed by atoms with E-state index in [2.05, 4.69) is 14.7 Å². The molecule has 27 heavy (non-hydrogen) atoms. The minimum Gasteiger partial charge on any atom is -0.733 e. The predicted molar refractivity (Wildman–Crippen MR) is 96.3 cm³/mol. The Kier molecular flexibility index (Phi) is 6.01. The number of nitrogens with zero attached hydrogens (tertiary/aromatic N) is 3. The van der Waals surface area contributed by atoms with E-state index in [1.165, 1.54) is 18.2 Å². The van der Waals surface area contributed by atoms with Crippen molar-refractivity contribution in [1.29, 1.82) is 0 Å². The van der Waals surface area contributed by atoms with Crippen LogP contribution >= 0.6 is 11.9 Å². The maximum absolute atomic E-state index is 13.9. The van der Waals surface area contributed by atoms with Crippen LogP contribution in [0.5, 0.6) is 6.01 Å². The van der Waals surface area contributed by atoms with E-state index >= 15 is 0 Å². The van der Waals surface area contributed by atoms with E-state index in [9.17, 15) is 14.0 Å². The lowest BCUT2D eigenvalue weighted by Crippen LogP contribution is -2.08. The van der Waals surface area contributed by atoms with Gasteiger partial charge in [-0.2, -0.15) is 4.98 Å². The van der Waals surface area contributed by atoms with Crippen LogP contribution in [0.1, 0.15) is 5.56 Å². The number of hydrogen-bond acceptors (Lipinski definition) is 8. The average Bonchev–Trinajstić information content (AvgIpc) is 2.67. The Balaban J connectivity index is 1.67. The van der Waals surface area contributed by atoms with Gasteiger partial charge in [-0.15, -0.1) is 0 Å². The number of ether oxygens (including phenoxy) is 1. The van der Waals surface area contributed by atoms with Crippen molar-refractivity contribution in [2.24, 2.45) is 0 Å². The smallest absolute Gasteiger partial charge is 0.318 e. The number of halogens is 2. The molecule has 3 aromatic rings. The van der Waals surface area contributed by atoms with Gasteiger partial charge in [0, 0.05) is 0 Å². The first kappa shape index (κ1) is 18.8. The third-order valence-corrected chi connectivity index (χ3v) is 4.19. The van der Waals surface area contributed by atoms with Crippen LogP contribution < -0.4 is 14.7 Å². The number of hydrogen-bond donors (Lipinski definition) is 2. The molecule has 0 saturated heterocycles. The molecule has 140 valence electrons. The second-order valence-electron chi connectivity index (χ2n) is 5.21. The van der Waals surface area contributed by atoms with Crippen molar-refractivity contribution in [1.82, 2.24) is 9.97 Å². The largest absolute Gasteiger partial charge is 0.733 e. The lowest BCUT2D eigenvalue weighted by Gasteiger charge is -2.24. The van der Waals surface area contributed by atoms with Crippen molar-refractivity contribution in [3.63, 3.8) is 0 Å². The molecule has 0 fully saturated rings. The average molecular weight is 391 g/mol. The van der Waals surface area contributed by atoms with Crippen LogP contribution in [0, 0.1) is 16.8 Å². The van der Waals surface area contributed by atoms with E-state index in [0.717, 1.165) is 18.1 Å². The molecule has 0 aliphatic rings. The van der Waals surface area contributed by atoms with Crippen LogP contribution in [0.4, 0.5) is 20.3 Å². The Morgan fingerprint density at radius 1 is 1.15 bits per heavy atom. The van der Waals surface area contributed by atoms with E-state index in [0.29, 0.717) is 10.5 Å². The van der Waals surface area contributed by atoms with Gasteiger partial charge in [0.05, 0.1) is 16.8 Å². The van der Waals surface area contributed by atoms with Crippen LogP contribution in [-0.2, 0) is 6.61 Å². The highest BCUT2D eigenvalue weighted by molar-refractivity contribution is 8.00. The van der Waals surface area contributed by atoms with E-state index in [4.69, 9.17) is 9.94 Å². The summed E-state index contributed by atoms with van der Waals surface area (Å²) in [6, 6.07) is 11.8. The number of anilines is 2. The molecule has 0 aliphatic carbocycles. The number of para-hydroxylation sites is 1. The summed E-state index contributed by atoms with van der Waals surface area (Å²) in [6.45, 7) is 0.0803. The van der Waals surface area contributed by atoms with Gasteiger partial charge >= 0.3 is 6.01 Å². The van der Waals surface area contributed by atoms with Gasteiger partial charge in [-0.1, -0.05) is 24.3 Å². The molecule has 0 amide bonds. The Bertz CT molecular complexity index is 913. The quantitative estimate of drug-likeness (QED) is 0.458. The molecule has 7 nitrogen and oxygen atoms in total. The van der Waals surface area contributed by atoms with Gasteiger partial charge in [0.25, 0.3) is 0 Å². The molecule has 0 saturated carbocycles. The summed E-state index contributed by atoms with van der Waals surface area (Å²) in [4.78, 5) is 8.03. The fourth-order valence-electron chi connectivity index (χ4n) is 2.03. The molecule has 1 aromatic heterocycles. The Hall–Kier alpha value is -2.95. The summed E-state index contributed by atoms with van der Waals surface area (Å²) >= 11 is 0.888. The first-order valence-electron chi connectivity index (χ1n) is 7.61. The molecule has 2 aromatic carbocycles. The van der Waals surface area contributed by atoms with Gasteiger partial charge in [0.15, 0.2) is 11.6 Å². The second kappa shape index (κ2) is 8.62. The zero-order valence-corrected chi connectivity index (χ0v) is 14.5. The normalized spacial score (nSPS) is 10.5. The maximum Gasteiger partial charge on any atom is 0.318 e. The van der Waals surface area contributed by atoms with Crippen molar-refractivity contribution in [3.8, 4) is 6.01 Å². The molecule has 0 spiro atoms. The molecular weight excluding hydrogens is 378 g/mol. The van der Waals surface area contributed by atoms with Crippen LogP contribution in [-0.4, -0.2) is 15.2 Å². The standard InChI is InChI=1S/C17H13F2N4O3S/c18-12-7-5-11(6-8-12)10-26-17-20-9-13(19)16(21-17)22-27-15-4-2-1-3-14(15)23(24)25/h1-9,24H,10H2,(H,20,21,22)/q-1. The molecule has 0 unspecified atom stereocenters. The third-order valence-electron chi connectivity index (χ3n) is 3.33. The monoisotopic (exact) mass is 391 g/mol. The van der Waals surface area contributed by atoms with Crippen LogP contribution in [0.25, 0.3) is 0 Å². The van der Waals surface area contributed by atoms with E-state index in [1.54, 1.807) is 30.3 Å². The minimum absolute atomic E-state index is 0.00255. The van der Waals surface area contributed by atoms with Crippen molar-refractivity contribution in [2.75, 3.05) is 9.95 Å². The van der Waals surface area contributed by atoms with Gasteiger partial charge in [-0.3, -0.25) is 5.21 Å². The van der Waals surface area contributed by atoms with E-state index in [-0.39, 0.29) is 35.2 Å². The predicted octanol–water partition coefficient (Wildman–Crippen LogP) is 4.15. The zero-order chi connectivity index (χ0) is 19.2. The van der Waals surface area contributed by atoms with Crippen LogP contribution in [0.3, 0.4) is 0 Å². The molecular formula is C17H13F2N4O3S-. The minimum atomic E-state index is -0.725. The number of nitrogens with one attached hydrogen (secondary N) is 1. The van der Waals surface area contributed by atoms with Crippen molar-refractivity contribution >= 4 is 23.5 Å². The third kappa shape index (κ3) is 5.03. The van der Waals surface area contributed by atoms with E-state index in [1.807, 2.05) is 0 Å². The van der Waals surface area contributed by atoms with E-state index < -0.39 is 5.82 Å². The Morgan fingerprint density at radius 2 is 1.89 bits per heavy atom. The summed E-state index contributed by atoms with van der Waals surface area (Å²) in [5.41, 5.74) is 0.692. The summed E-state index contributed by atoms with van der Waals surface area (Å²) < 4.78 is 34.9. The highest BCUT2D eigenvalue weighted by Crippen LogP contribution is 2.30. The Morgan fingerprint density at radius 3 is 2.63 bits per heavy atom. The van der Waals surface area contributed by atoms with Gasteiger partial charge in [-0.05, 0) is 41.8 Å². The fourth-order valence-corrected chi connectivity index (χ4v) is 2.77. The summed E-state index contributed by atoms with van der Waals surface area (Å²) in [6.07, 6.45) is 0.938. The highest BCUT2D eigenvalue weighted by atomic mass is 32.2. The van der Waals surface area contributed by atoms with Gasteiger partial charge in [0.1, 0.15) is 12.4 Å². The van der Waals surface area contributed by atoms with Gasteiger partial charge in [-0.25, -0.2) is 13.8 Å². The Labute approximate surface area is 157 Å². The summed E-state index contributed by atoms with van der Waals surface area (Å²) in [7, 11) is 0. The first-order valence-corrected chi connectivity index (χ1v) is 8.42. The summed E-state index contributed by atoms with van der Waals surface area (Å²) in [5.74, 6) is -1.24. The van der Waals surface area contributed by atoms with Crippen LogP contribution in [0.15, 0.2) is 59.6 Å². The molecule has 0 radical (unpaired) electrons. The maximum atomic E-state index is 13.9. The SMILES string of the molecule is [O-]N(O)c1ccccc1SNc1nc(OCc2ccc(F)cc2)ncc1F. The number of aromatic nitrogens is 2. The molecule has 0 bridgehead atoms. The lowest BCUT2D eigenvalue weighted by atomic mass is 10.2. The zero-order valence-electron chi connectivity index (χ0n) is 13.7.